The molecule has 3 rings (SSSR count). The highest BCUT2D eigenvalue weighted by Gasteiger charge is 2.64. The van der Waals surface area contributed by atoms with Crippen LogP contribution in [0.25, 0.3) is 0 Å². The van der Waals surface area contributed by atoms with E-state index in [1.165, 1.54) is 16.7 Å². The van der Waals surface area contributed by atoms with Gasteiger partial charge in [0.1, 0.15) is 0 Å². The normalized spacial score (nSPS) is 32.4. The van der Waals surface area contributed by atoms with Crippen molar-refractivity contribution in [3.8, 4) is 0 Å². The minimum absolute atomic E-state index is 0.0998. The molecule has 0 aromatic heterocycles. The van der Waals surface area contributed by atoms with Gasteiger partial charge < -0.3 is 0 Å². The summed E-state index contributed by atoms with van der Waals surface area (Å²) in [6.07, 6.45) is 4.68. The van der Waals surface area contributed by atoms with Gasteiger partial charge in [0.05, 0.1) is 4.92 Å². The molecule has 0 radical (unpaired) electrons. The number of nitrogens with zero attached hydrogens (tertiary/aromatic N) is 1. The second-order valence-electron chi connectivity index (χ2n) is 7.68. The van der Waals surface area contributed by atoms with Crippen LogP contribution in [-0.2, 0) is 0 Å². The van der Waals surface area contributed by atoms with Crippen molar-refractivity contribution in [2.75, 3.05) is 0 Å². The van der Waals surface area contributed by atoms with Gasteiger partial charge in [0, 0.05) is 17.5 Å². The van der Waals surface area contributed by atoms with Crippen molar-refractivity contribution in [2.45, 2.75) is 40.5 Å². The molecular formula is C19H23NO2. The van der Waals surface area contributed by atoms with Crippen LogP contribution in [0.2, 0.25) is 0 Å². The summed E-state index contributed by atoms with van der Waals surface area (Å²) in [5, 5.41) is 10.9. The Bertz CT molecular complexity index is 697. The first-order valence-corrected chi connectivity index (χ1v) is 7.80. The van der Waals surface area contributed by atoms with Gasteiger partial charge in [0.15, 0.2) is 0 Å². The van der Waals surface area contributed by atoms with Gasteiger partial charge in [0.25, 0.3) is 5.69 Å². The van der Waals surface area contributed by atoms with Crippen LogP contribution < -0.4 is 0 Å². The number of hydrogen-bond donors (Lipinski definition) is 0. The lowest BCUT2D eigenvalue weighted by Gasteiger charge is -2.67. The average Bonchev–Trinajstić information content (AvgIpc) is 2.36. The molecule has 3 atom stereocenters. The number of benzene rings is 1. The molecule has 3 heteroatoms. The molecule has 0 aliphatic heterocycles. The van der Waals surface area contributed by atoms with E-state index < -0.39 is 0 Å². The van der Waals surface area contributed by atoms with Gasteiger partial charge in [-0.05, 0) is 36.7 Å². The minimum Gasteiger partial charge on any atom is -0.258 e. The zero-order valence-electron chi connectivity index (χ0n) is 13.9. The number of rotatable bonds is 2. The zero-order valence-corrected chi connectivity index (χ0v) is 13.9. The Kier molecular flexibility index (Phi) is 3.10. The third-order valence-corrected chi connectivity index (χ3v) is 5.62. The summed E-state index contributed by atoms with van der Waals surface area (Å²) in [6.45, 7) is 11.3. The minimum atomic E-state index is -0.336. The fraction of sp³-hybridized carbons (Fsp3) is 0.474. The van der Waals surface area contributed by atoms with Crippen molar-refractivity contribution in [3.63, 3.8) is 0 Å². The Morgan fingerprint density at radius 3 is 2.18 bits per heavy atom. The Balaban J connectivity index is 2.04. The average molecular weight is 297 g/mol. The van der Waals surface area contributed by atoms with Crippen LogP contribution in [0.15, 0.2) is 47.6 Å². The number of allylic oxidation sites excluding steroid dienone is 4. The van der Waals surface area contributed by atoms with Crippen molar-refractivity contribution in [1.29, 1.82) is 0 Å². The quantitative estimate of drug-likeness (QED) is 0.553. The molecule has 2 aliphatic rings. The third kappa shape index (κ3) is 1.88. The van der Waals surface area contributed by atoms with E-state index in [0.717, 1.165) is 0 Å². The zero-order chi connectivity index (χ0) is 16.3. The van der Waals surface area contributed by atoms with Crippen LogP contribution in [0.5, 0.6) is 0 Å². The van der Waals surface area contributed by atoms with Gasteiger partial charge in [-0.1, -0.05) is 56.2 Å². The Morgan fingerprint density at radius 2 is 1.64 bits per heavy atom. The summed E-state index contributed by atoms with van der Waals surface area (Å²) < 4.78 is 0. The maximum Gasteiger partial charge on any atom is 0.269 e. The van der Waals surface area contributed by atoms with E-state index in [-0.39, 0.29) is 21.4 Å². The summed E-state index contributed by atoms with van der Waals surface area (Å²) in [5.74, 6) is 0.910. The first-order chi connectivity index (χ1) is 10.2. The standard InChI is InChI=1S/C19H23NO2/c1-12-10-13(2)16-18(3,4)17(19(16,5)11-12)14-6-8-15(9-7-14)20(21)22/h6-11,16-17H,1-5H3. The van der Waals surface area contributed by atoms with Crippen LogP contribution in [0.4, 0.5) is 5.69 Å². The van der Waals surface area contributed by atoms with Gasteiger partial charge in [-0.3, -0.25) is 10.1 Å². The number of nitro groups is 1. The lowest BCUT2D eigenvalue weighted by molar-refractivity contribution is -0.384. The molecule has 1 fully saturated rings. The number of hydrogen-bond acceptors (Lipinski definition) is 2. The summed E-state index contributed by atoms with van der Waals surface area (Å²) in [5.41, 5.74) is 4.39. The smallest absolute Gasteiger partial charge is 0.258 e. The largest absolute Gasteiger partial charge is 0.269 e. The lowest BCUT2D eigenvalue weighted by atomic mass is 9.37. The van der Waals surface area contributed by atoms with Crippen molar-refractivity contribution in [2.24, 2.45) is 16.7 Å². The van der Waals surface area contributed by atoms with Gasteiger partial charge in [0.2, 0.25) is 0 Å². The molecule has 0 amide bonds. The van der Waals surface area contributed by atoms with E-state index in [1.54, 1.807) is 12.1 Å². The maximum absolute atomic E-state index is 10.9. The maximum atomic E-state index is 10.9. The highest BCUT2D eigenvalue weighted by molar-refractivity contribution is 5.46. The van der Waals surface area contributed by atoms with Crippen LogP contribution in [0.1, 0.15) is 46.1 Å². The predicted molar refractivity (Wildman–Crippen MR) is 88.7 cm³/mol. The van der Waals surface area contributed by atoms with Crippen LogP contribution in [0.3, 0.4) is 0 Å². The van der Waals surface area contributed by atoms with E-state index in [1.807, 2.05) is 12.1 Å². The molecular weight excluding hydrogens is 274 g/mol. The Hall–Kier alpha value is -1.90. The molecule has 1 saturated carbocycles. The summed E-state index contributed by atoms with van der Waals surface area (Å²) in [4.78, 5) is 10.5. The first-order valence-electron chi connectivity index (χ1n) is 7.80. The molecule has 0 bridgehead atoms. The highest BCUT2D eigenvalue weighted by Crippen LogP contribution is 2.72. The number of fused-ring (bicyclic) bond motifs is 1. The molecule has 116 valence electrons. The van der Waals surface area contributed by atoms with Gasteiger partial charge in [-0.2, -0.15) is 0 Å². The highest BCUT2D eigenvalue weighted by atomic mass is 16.6. The summed E-state index contributed by atoms with van der Waals surface area (Å²) >= 11 is 0. The molecule has 0 spiro atoms. The molecule has 2 aliphatic carbocycles. The van der Waals surface area contributed by atoms with Crippen molar-refractivity contribution in [3.05, 3.63) is 63.2 Å². The SMILES string of the molecule is CC1=CC2(C)C(C(C)=C1)C(C)(C)C2c1ccc([N+](=O)[O-])cc1. The Labute approximate surface area is 131 Å². The summed E-state index contributed by atoms with van der Waals surface area (Å²) in [7, 11) is 0. The van der Waals surface area contributed by atoms with Crippen LogP contribution in [0, 0.1) is 26.9 Å². The van der Waals surface area contributed by atoms with Crippen molar-refractivity contribution < 1.29 is 4.92 Å². The molecule has 3 unspecified atom stereocenters. The molecule has 22 heavy (non-hydrogen) atoms. The monoisotopic (exact) mass is 297 g/mol. The molecule has 0 saturated heterocycles. The topological polar surface area (TPSA) is 43.1 Å². The number of nitro benzene ring substituents is 1. The van der Waals surface area contributed by atoms with Crippen LogP contribution >= 0.6 is 0 Å². The van der Waals surface area contributed by atoms with E-state index in [9.17, 15) is 10.1 Å². The van der Waals surface area contributed by atoms with E-state index >= 15 is 0 Å². The van der Waals surface area contributed by atoms with Crippen molar-refractivity contribution in [1.82, 2.24) is 0 Å². The molecule has 1 aromatic rings. The van der Waals surface area contributed by atoms with E-state index in [0.29, 0.717) is 11.8 Å². The molecule has 0 heterocycles. The Morgan fingerprint density at radius 1 is 1.05 bits per heavy atom. The van der Waals surface area contributed by atoms with Gasteiger partial charge in [-0.25, -0.2) is 0 Å². The van der Waals surface area contributed by atoms with Gasteiger partial charge >= 0.3 is 0 Å². The van der Waals surface area contributed by atoms with Crippen LogP contribution in [-0.4, -0.2) is 4.92 Å². The summed E-state index contributed by atoms with van der Waals surface area (Å²) in [6, 6.07) is 7.13. The van der Waals surface area contributed by atoms with E-state index in [2.05, 4.69) is 46.8 Å². The molecule has 3 nitrogen and oxygen atoms in total. The van der Waals surface area contributed by atoms with Gasteiger partial charge in [-0.15, -0.1) is 0 Å². The third-order valence-electron chi connectivity index (χ3n) is 5.62. The lowest BCUT2D eigenvalue weighted by Crippen LogP contribution is -2.59. The second kappa shape index (κ2) is 4.55. The van der Waals surface area contributed by atoms with Crippen molar-refractivity contribution >= 4 is 5.69 Å². The second-order valence-corrected chi connectivity index (χ2v) is 7.68. The fourth-order valence-electron chi connectivity index (χ4n) is 5.64. The molecule has 1 aromatic carbocycles. The van der Waals surface area contributed by atoms with E-state index in [4.69, 9.17) is 0 Å². The fourth-order valence-corrected chi connectivity index (χ4v) is 5.64. The molecule has 0 N–H and O–H groups in total. The number of non-ortho nitro benzene ring substituents is 1. The predicted octanol–water partition coefficient (Wildman–Crippen LogP) is 5.25. The first kappa shape index (κ1) is 15.0.